The number of benzene rings is 3. The van der Waals surface area contributed by atoms with Crippen molar-refractivity contribution < 1.29 is 35.7 Å². The van der Waals surface area contributed by atoms with Crippen LogP contribution in [0.25, 0.3) is 0 Å². The van der Waals surface area contributed by atoms with Crippen molar-refractivity contribution in [3.8, 4) is 5.75 Å². The minimum Gasteiger partial charge on any atom is -0.483 e. The highest BCUT2D eigenvalue weighted by Gasteiger charge is 2.42. The zero-order chi connectivity index (χ0) is 37.2. The first-order valence-corrected chi connectivity index (χ1v) is 21.3. The van der Waals surface area contributed by atoms with Crippen molar-refractivity contribution in [3.05, 3.63) is 77.9 Å². The van der Waals surface area contributed by atoms with E-state index in [0.29, 0.717) is 35.5 Å². The van der Waals surface area contributed by atoms with Gasteiger partial charge in [0.15, 0.2) is 6.61 Å². The third-order valence-electron chi connectivity index (χ3n) is 8.72. The molecule has 15 heteroatoms. The molecule has 1 aliphatic heterocycles. The fraction of sp³-hybridized carbons (Fsp3) is 0.444. The van der Waals surface area contributed by atoms with Gasteiger partial charge in [-0.25, -0.2) is 13.1 Å². The molecule has 1 unspecified atom stereocenters. The molecule has 0 bridgehead atoms. The maximum Gasteiger partial charge on any atom is 0.266 e. The van der Waals surface area contributed by atoms with E-state index in [1.54, 1.807) is 30.3 Å². The van der Waals surface area contributed by atoms with Gasteiger partial charge in [0, 0.05) is 24.8 Å². The van der Waals surface area contributed by atoms with Gasteiger partial charge >= 0.3 is 0 Å². The van der Waals surface area contributed by atoms with Crippen LogP contribution in [0.1, 0.15) is 69.5 Å². The molecule has 1 heterocycles. The third-order valence-corrected chi connectivity index (χ3v) is 11.8. The van der Waals surface area contributed by atoms with Gasteiger partial charge in [-0.3, -0.25) is 14.1 Å². The molecule has 51 heavy (non-hydrogen) atoms. The average Bonchev–Trinajstić information content (AvgIpc) is 3.19. The standard InChI is InChI=1S/C36H48N4O8S3/c1-5-7-18-36(19-8-6-2)25-40(28-12-10-9-11-13-28)29-22-31(49-4)30(23-32(29)51(46,47)39-36)48-24-33(41)38-34(27-16-14-26(3)15-17-27)35(42)37-20-21-50(43,44)45/h9-17,22-23,34,39H,5-8,18-21,24-25H2,1-4H3,(H,37,42)(H,38,41)(H,43,44,45). The second-order valence-corrected chi connectivity index (χ2v) is 16.8. The molecule has 2 amide bonds. The molecule has 12 nitrogen and oxygen atoms in total. The van der Waals surface area contributed by atoms with Crippen LogP contribution in [0.3, 0.4) is 0 Å². The van der Waals surface area contributed by atoms with Crippen molar-refractivity contribution in [2.45, 2.75) is 80.7 Å². The number of amides is 2. The van der Waals surface area contributed by atoms with Crippen LogP contribution >= 0.6 is 11.8 Å². The van der Waals surface area contributed by atoms with Gasteiger partial charge in [0.25, 0.3) is 16.0 Å². The van der Waals surface area contributed by atoms with Crippen LogP contribution in [-0.2, 0) is 29.7 Å². The molecule has 0 radical (unpaired) electrons. The van der Waals surface area contributed by atoms with Crippen molar-refractivity contribution in [1.82, 2.24) is 15.4 Å². The lowest BCUT2D eigenvalue weighted by molar-refractivity contribution is -0.130. The molecule has 278 valence electrons. The first-order chi connectivity index (χ1) is 24.2. The molecular formula is C36H48N4O8S3. The second kappa shape index (κ2) is 17.7. The number of carbonyl (C=O) groups is 2. The number of nitrogens with one attached hydrogen (secondary N) is 3. The molecule has 4 rings (SSSR count). The van der Waals surface area contributed by atoms with Crippen molar-refractivity contribution in [2.75, 3.05) is 36.6 Å². The number of aryl methyl sites for hydroxylation is 1. The van der Waals surface area contributed by atoms with E-state index in [0.717, 1.165) is 36.9 Å². The number of hydrogen-bond donors (Lipinski definition) is 4. The number of anilines is 2. The normalized spacial score (nSPS) is 15.7. The first-order valence-electron chi connectivity index (χ1n) is 17.0. The quantitative estimate of drug-likeness (QED) is 0.102. The minimum absolute atomic E-state index is 0.0326. The van der Waals surface area contributed by atoms with Crippen molar-refractivity contribution in [3.63, 3.8) is 0 Å². The van der Waals surface area contributed by atoms with Crippen LogP contribution < -0.4 is 25.0 Å². The number of sulfonamides is 1. The second-order valence-electron chi connectivity index (χ2n) is 12.8. The van der Waals surface area contributed by atoms with Gasteiger partial charge in [0.05, 0.1) is 21.9 Å². The summed E-state index contributed by atoms with van der Waals surface area (Å²) in [6, 6.07) is 18.6. The Morgan fingerprint density at radius 3 is 2.27 bits per heavy atom. The topological polar surface area (TPSA) is 171 Å². The Kier molecular flexibility index (Phi) is 14.0. The van der Waals surface area contributed by atoms with Crippen LogP contribution in [-0.4, -0.2) is 70.4 Å². The van der Waals surface area contributed by atoms with Crippen molar-refractivity contribution in [2.24, 2.45) is 0 Å². The Bertz CT molecular complexity index is 1860. The molecule has 0 fully saturated rings. The number of unbranched alkanes of at least 4 members (excludes halogenated alkanes) is 2. The lowest BCUT2D eigenvalue weighted by Crippen LogP contribution is -2.53. The van der Waals surface area contributed by atoms with Crippen LogP contribution in [0.15, 0.2) is 76.5 Å². The lowest BCUT2D eigenvalue weighted by Gasteiger charge is -2.37. The van der Waals surface area contributed by atoms with E-state index in [9.17, 15) is 26.4 Å². The van der Waals surface area contributed by atoms with Crippen molar-refractivity contribution >= 4 is 55.1 Å². The summed E-state index contributed by atoms with van der Waals surface area (Å²) in [5.74, 6) is -1.85. The Hall–Kier alpha value is -3.63. The van der Waals surface area contributed by atoms with E-state index in [1.807, 2.05) is 43.5 Å². The Morgan fingerprint density at radius 2 is 1.69 bits per heavy atom. The van der Waals surface area contributed by atoms with E-state index in [2.05, 4.69) is 34.1 Å². The number of ether oxygens (including phenoxy) is 1. The van der Waals surface area contributed by atoms with E-state index < -0.39 is 55.9 Å². The summed E-state index contributed by atoms with van der Waals surface area (Å²) in [6.07, 6.45) is 6.72. The number of para-hydroxylation sites is 1. The molecule has 3 aromatic carbocycles. The largest absolute Gasteiger partial charge is 0.483 e. The van der Waals surface area contributed by atoms with Crippen molar-refractivity contribution in [1.29, 1.82) is 0 Å². The lowest BCUT2D eigenvalue weighted by atomic mass is 9.87. The predicted molar refractivity (Wildman–Crippen MR) is 201 cm³/mol. The summed E-state index contributed by atoms with van der Waals surface area (Å²) in [4.78, 5) is 29.1. The van der Waals surface area contributed by atoms with Crippen LogP contribution in [0.4, 0.5) is 11.4 Å². The first kappa shape index (κ1) is 40.1. The highest BCUT2D eigenvalue weighted by atomic mass is 32.2. The van der Waals surface area contributed by atoms with E-state index in [1.165, 1.54) is 17.8 Å². The molecule has 4 N–H and O–H groups in total. The number of rotatable bonds is 17. The average molecular weight is 761 g/mol. The zero-order valence-corrected chi connectivity index (χ0v) is 31.9. The Labute approximate surface area is 305 Å². The number of thioether (sulfide) groups is 1. The van der Waals surface area contributed by atoms with Gasteiger partial charge in [-0.05, 0) is 49.8 Å². The van der Waals surface area contributed by atoms with Crippen LogP contribution in [0.5, 0.6) is 5.75 Å². The maximum atomic E-state index is 14.3. The smallest absolute Gasteiger partial charge is 0.266 e. The molecule has 0 aliphatic carbocycles. The number of carbonyl (C=O) groups excluding carboxylic acids is 2. The molecule has 1 aliphatic rings. The maximum absolute atomic E-state index is 14.3. The highest BCUT2D eigenvalue weighted by molar-refractivity contribution is 7.98. The summed E-state index contributed by atoms with van der Waals surface area (Å²) in [5, 5.41) is 5.07. The molecule has 0 saturated carbocycles. The summed E-state index contributed by atoms with van der Waals surface area (Å²) in [6.45, 7) is 5.58. The Morgan fingerprint density at radius 1 is 1.04 bits per heavy atom. The number of hydrogen-bond acceptors (Lipinski definition) is 9. The van der Waals surface area contributed by atoms with Gasteiger partial charge in [-0.2, -0.15) is 8.42 Å². The minimum atomic E-state index is -4.31. The fourth-order valence-electron chi connectivity index (χ4n) is 6.05. The summed E-state index contributed by atoms with van der Waals surface area (Å²) in [5.41, 5.74) is 2.02. The molecule has 1 atom stereocenters. The third kappa shape index (κ3) is 10.9. The molecule has 3 aromatic rings. The molecular weight excluding hydrogens is 713 g/mol. The van der Waals surface area contributed by atoms with E-state index in [4.69, 9.17) is 9.29 Å². The molecule has 0 spiro atoms. The number of nitrogens with zero attached hydrogens (tertiary/aromatic N) is 1. The van der Waals surface area contributed by atoms with Gasteiger partial charge in [0.2, 0.25) is 15.9 Å². The zero-order valence-electron chi connectivity index (χ0n) is 29.5. The molecule has 0 aromatic heterocycles. The van der Waals surface area contributed by atoms with Crippen LogP contribution in [0, 0.1) is 6.92 Å². The Balaban J connectivity index is 1.66. The van der Waals surface area contributed by atoms with Gasteiger partial charge in [-0.15, -0.1) is 11.8 Å². The predicted octanol–water partition coefficient (Wildman–Crippen LogP) is 5.51. The van der Waals surface area contributed by atoms with E-state index >= 15 is 0 Å². The van der Waals surface area contributed by atoms with Gasteiger partial charge < -0.3 is 20.3 Å². The summed E-state index contributed by atoms with van der Waals surface area (Å²) < 4.78 is 69.0. The van der Waals surface area contributed by atoms with Crippen LogP contribution in [0.2, 0.25) is 0 Å². The molecule has 0 saturated heterocycles. The van der Waals surface area contributed by atoms with Gasteiger partial charge in [-0.1, -0.05) is 87.6 Å². The highest BCUT2D eigenvalue weighted by Crippen LogP contribution is 2.44. The summed E-state index contributed by atoms with van der Waals surface area (Å²) in [7, 11) is -8.37. The number of fused-ring (bicyclic) bond motifs is 1. The van der Waals surface area contributed by atoms with Gasteiger partial charge in [0.1, 0.15) is 16.7 Å². The summed E-state index contributed by atoms with van der Waals surface area (Å²) >= 11 is 1.35. The monoisotopic (exact) mass is 760 g/mol. The van der Waals surface area contributed by atoms with E-state index in [-0.39, 0.29) is 17.2 Å². The fourth-order valence-corrected chi connectivity index (χ4v) is 8.62. The SMILES string of the molecule is CCCCC1(CCCC)CN(c2ccccc2)c2cc(SC)c(OCC(=O)NC(C(=O)NCCS(=O)(=O)O)c3ccc(C)cc3)cc2S(=O)(=O)N1.